The lowest BCUT2D eigenvalue weighted by Gasteiger charge is -2.29. The molecule has 0 amide bonds. The predicted octanol–water partition coefficient (Wildman–Crippen LogP) is 1.10. The summed E-state index contributed by atoms with van der Waals surface area (Å²) in [6, 6.07) is 3.21. The summed E-state index contributed by atoms with van der Waals surface area (Å²) >= 11 is 0. The van der Waals surface area contributed by atoms with Gasteiger partial charge in [0.15, 0.2) is 5.58 Å². The molecule has 102 valence electrons. The number of hydrogen-bond acceptors (Lipinski definition) is 5. The maximum atomic E-state index is 14.1. The fraction of sp³-hybridized carbons (Fsp3) is 0.462. The van der Waals surface area contributed by atoms with Crippen molar-refractivity contribution in [3.05, 3.63) is 23.8 Å². The van der Waals surface area contributed by atoms with E-state index < -0.39 is 0 Å². The second kappa shape index (κ2) is 5.14. The van der Waals surface area contributed by atoms with E-state index in [0.717, 1.165) is 26.2 Å². The van der Waals surface area contributed by atoms with Gasteiger partial charge in [-0.1, -0.05) is 0 Å². The Morgan fingerprint density at radius 1 is 1.42 bits per heavy atom. The first kappa shape index (κ1) is 12.4. The van der Waals surface area contributed by atoms with Gasteiger partial charge in [-0.05, 0) is 7.05 Å². The molecule has 1 fully saturated rings. The molecule has 2 heterocycles. The van der Waals surface area contributed by atoms with Gasteiger partial charge in [-0.15, -0.1) is 0 Å². The first-order valence-electron chi connectivity index (χ1n) is 6.47. The molecule has 3 rings (SSSR count). The summed E-state index contributed by atoms with van der Waals surface area (Å²) in [6.07, 6.45) is 0. The fourth-order valence-electron chi connectivity index (χ4n) is 2.36. The lowest BCUT2D eigenvalue weighted by atomic mass is 10.2. The normalized spacial score (nSPS) is 16.2. The molecule has 1 aliphatic rings. The third-order valence-electron chi connectivity index (χ3n) is 3.29. The van der Waals surface area contributed by atoms with E-state index in [-0.39, 0.29) is 5.82 Å². The molecule has 1 aliphatic heterocycles. The van der Waals surface area contributed by atoms with Gasteiger partial charge in [0.2, 0.25) is 5.89 Å². The monoisotopic (exact) mass is 264 g/mol. The summed E-state index contributed by atoms with van der Waals surface area (Å²) in [4.78, 5) is 6.28. The summed E-state index contributed by atoms with van der Waals surface area (Å²) in [6.45, 7) is 3.90. The van der Waals surface area contributed by atoms with E-state index in [1.54, 1.807) is 6.07 Å². The van der Waals surface area contributed by atoms with Crippen molar-refractivity contribution in [1.29, 1.82) is 0 Å². The number of oxazole rings is 1. The quantitative estimate of drug-likeness (QED) is 0.869. The van der Waals surface area contributed by atoms with E-state index in [1.165, 1.54) is 6.07 Å². The number of rotatable bonds is 3. The summed E-state index contributed by atoms with van der Waals surface area (Å²) < 4.78 is 19.8. The van der Waals surface area contributed by atoms with Gasteiger partial charge >= 0.3 is 0 Å². The van der Waals surface area contributed by atoms with Gasteiger partial charge in [-0.25, -0.2) is 9.37 Å². The minimum atomic E-state index is -0.237. The summed E-state index contributed by atoms with van der Waals surface area (Å²) in [5, 5.41) is 6.22. The van der Waals surface area contributed by atoms with Crippen LogP contribution in [0.1, 0.15) is 5.89 Å². The van der Waals surface area contributed by atoms with Crippen LogP contribution < -0.4 is 15.5 Å². The highest BCUT2D eigenvalue weighted by atomic mass is 19.1. The van der Waals surface area contributed by atoms with Crippen LogP contribution in [0.2, 0.25) is 0 Å². The average molecular weight is 264 g/mol. The van der Waals surface area contributed by atoms with Crippen LogP contribution in [0.25, 0.3) is 11.1 Å². The minimum absolute atomic E-state index is 0.237. The molecule has 19 heavy (non-hydrogen) atoms. The van der Waals surface area contributed by atoms with Crippen LogP contribution in [0.15, 0.2) is 16.5 Å². The van der Waals surface area contributed by atoms with Crippen molar-refractivity contribution in [2.75, 3.05) is 38.1 Å². The smallest absolute Gasteiger partial charge is 0.209 e. The number of aromatic nitrogens is 1. The molecule has 2 aromatic rings. The van der Waals surface area contributed by atoms with E-state index in [9.17, 15) is 4.39 Å². The van der Waals surface area contributed by atoms with Crippen LogP contribution in [0, 0.1) is 5.82 Å². The van der Waals surface area contributed by atoms with E-state index in [1.807, 2.05) is 11.9 Å². The highest BCUT2D eigenvalue weighted by Gasteiger charge is 2.17. The number of nitrogens with zero attached hydrogens (tertiary/aromatic N) is 2. The molecule has 0 bridgehead atoms. The zero-order valence-corrected chi connectivity index (χ0v) is 10.9. The van der Waals surface area contributed by atoms with E-state index in [4.69, 9.17) is 4.42 Å². The maximum Gasteiger partial charge on any atom is 0.209 e. The summed E-state index contributed by atoms with van der Waals surface area (Å²) in [5.74, 6) is 0.341. The highest BCUT2D eigenvalue weighted by molar-refractivity contribution is 5.78. The van der Waals surface area contributed by atoms with Gasteiger partial charge in [0.05, 0.1) is 12.2 Å². The first-order valence-corrected chi connectivity index (χ1v) is 6.47. The third kappa shape index (κ3) is 2.41. The van der Waals surface area contributed by atoms with E-state index >= 15 is 0 Å². The largest absolute Gasteiger partial charge is 0.439 e. The van der Waals surface area contributed by atoms with Crippen molar-refractivity contribution in [2.24, 2.45) is 0 Å². The molecule has 0 saturated carbocycles. The summed E-state index contributed by atoms with van der Waals surface area (Å²) in [7, 11) is 1.82. The highest BCUT2D eigenvalue weighted by Crippen LogP contribution is 2.26. The first-order chi connectivity index (χ1) is 9.28. The lowest BCUT2D eigenvalue weighted by Crippen LogP contribution is -2.43. The lowest BCUT2D eigenvalue weighted by molar-refractivity contribution is 0.510. The van der Waals surface area contributed by atoms with Crippen molar-refractivity contribution >= 4 is 16.8 Å². The predicted molar refractivity (Wildman–Crippen MR) is 71.8 cm³/mol. The van der Waals surface area contributed by atoms with Crippen LogP contribution in [-0.4, -0.2) is 38.2 Å². The van der Waals surface area contributed by atoms with Crippen molar-refractivity contribution < 1.29 is 8.81 Å². The Morgan fingerprint density at radius 2 is 2.21 bits per heavy atom. The Labute approximate surface area is 110 Å². The molecule has 0 spiro atoms. The zero-order valence-electron chi connectivity index (χ0n) is 10.9. The van der Waals surface area contributed by atoms with Gasteiger partial charge in [0.25, 0.3) is 0 Å². The van der Waals surface area contributed by atoms with Crippen molar-refractivity contribution in [1.82, 2.24) is 15.6 Å². The van der Waals surface area contributed by atoms with Gasteiger partial charge in [-0.2, -0.15) is 0 Å². The number of fused-ring (bicyclic) bond motifs is 1. The second-order valence-electron chi connectivity index (χ2n) is 4.65. The number of halogens is 1. The third-order valence-corrected chi connectivity index (χ3v) is 3.29. The maximum absolute atomic E-state index is 14.1. The van der Waals surface area contributed by atoms with Crippen molar-refractivity contribution in [3.63, 3.8) is 0 Å². The molecule has 1 aromatic carbocycles. The Balaban J connectivity index is 1.97. The fourth-order valence-corrected chi connectivity index (χ4v) is 2.36. The van der Waals surface area contributed by atoms with Crippen LogP contribution in [0.5, 0.6) is 0 Å². The molecule has 2 N–H and O–H groups in total. The topological polar surface area (TPSA) is 53.3 Å². The second-order valence-corrected chi connectivity index (χ2v) is 4.65. The zero-order chi connectivity index (χ0) is 13.2. The number of piperazine rings is 1. The minimum Gasteiger partial charge on any atom is -0.439 e. The SMILES string of the molecule is CNCc1nc2cc(F)c(N3CCNCC3)cc2o1. The number of hydrogen-bond donors (Lipinski definition) is 2. The number of benzene rings is 1. The van der Waals surface area contributed by atoms with E-state index in [0.29, 0.717) is 29.2 Å². The molecule has 5 nitrogen and oxygen atoms in total. The van der Waals surface area contributed by atoms with Crippen molar-refractivity contribution in [3.8, 4) is 0 Å². The molecule has 0 unspecified atom stereocenters. The van der Waals surface area contributed by atoms with E-state index in [2.05, 4.69) is 15.6 Å². The van der Waals surface area contributed by atoms with Gasteiger partial charge in [0, 0.05) is 38.3 Å². The van der Waals surface area contributed by atoms with Gasteiger partial charge < -0.3 is 20.0 Å². The average Bonchev–Trinajstić information content (AvgIpc) is 2.80. The number of nitrogens with one attached hydrogen (secondary N) is 2. The van der Waals surface area contributed by atoms with Crippen LogP contribution in [0.3, 0.4) is 0 Å². The van der Waals surface area contributed by atoms with Crippen LogP contribution >= 0.6 is 0 Å². The van der Waals surface area contributed by atoms with Crippen molar-refractivity contribution in [2.45, 2.75) is 6.54 Å². The molecule has 1 aromatic heterocycles. The van der Waals surface area contributed by atoms with Crippen LogP contribution in [-0.2, 0) is 6.54 Å². The van der Waals surface area contributed by atoms with Gasteiger partial charge in [-0.3, -0.25) is 0 Å². The molecular weight excluding hydrogens is 247 g/mol. The molecular formula is C13H17FN4O. The molecule has 0 radical (unpaired) electrons. The molecule has 6 heteroatoms. The standard InChI is InChI=1S/C13H17FN4O/c1-15-8-13-17-10-6-9(14)11(7-12(10)19-13)18-4-2-16-3-5-18/h6-7,15-16H,2-5,8H2,1H3. The Hall–Kier alpha value is -1.66. The molecule has 0 aliphatic carbocycles. The Morgan fingerprint density at radius 3 is 2.95 bits per heavy atom. The Bertz CT molecular complexity index is 577. The molecule has 0 atom stereocenters. The Kier molecular flexibility index (Phi) is 3.35. The van der Waals surface area contributed by atoms with Crippen LogP contribution in [0.4, 0.5) is 10.1 Å². The summed E-state index contributed by atoms with van der Waals surface area (Å²) in [5.41, 5.74) is 1.81. The number of anilines is 1. The van der Waals surface area contributed by atoms with Gasteiger partial charge in [0.1, 0.15) is 11.3 Å². The molecule has 1 saturated heterocycles.